The van der Waals surface area contributed by atoms with Crippen LogP contribution in [0.4, 0.5) is 5.13 Å². The second-order valence-corrected chi connectivity index (χ2v) is 8.97. The number of anilines is 1. The Morgan fingerprint density at radius 3 is 2.63 bits per heavy atom. The van der Waals surface area contributed by atoms with Crippen LogP contribution < -0.4 is 10.6 Å². The summed E-state index contributed by atoms with van der Waals surface area (Å²) in [4.78, 5) is 37.8. The summed E-state index contributed by atoms with van der Waals surface area (Å²) in [5.74, 6) is 0.758. The van der Waals surface area contributed by atoms with Crippen molar-refractivity contribution in [3.8, 4) is 0 Å². The van der Waals surface area contributed by atoms with Crippen LogP contribution >= 0.6 is 11.3 Å². The topological polar surface area (TPSA) is 113 Å². The van der Waals surface area contributed by atoms with E-state index in [1.54, 1.807) is 18.4 Å². The summed E-state index contributed by atoms with van der Waals surface area (Å²) in [6, 6.07) is 19.0. The Morgan fingerprint density at radius 1 is 1.06 bits per heavy atom. The number of H-pyrrole nitrogens is 1. The Morgan fingerprint density at radius 2 is 1.86 bits per heavy atom. The number of benzene rings is 2. The number of hydrogen-bond acceptors (Lipinski definition) is 6. The number of nitrogens with zero attached hydrogens (tertiary/aromatic N) is 2. The van der Waals surface area contributed by atoms with E-state index in [0.29, 0.717) is 34.4 Å². The number of furan rings is 1. The van der Waals surface area contributed by atoms with Crippen LogP contribution in [0.3, 0.4) is 0 Å². The SMILES string of the molecule is Cc1occc1C(=O)Nc1nc(CC(=O)N[C@@H](Cc2ccccc2)c2nc3ccccc3[nH]2)cs1. The smallest absolute Gasteiger partial charge is 0.260 e. The van der Waals surface area contributed by atoms with E-state index in [1.807, 2.05) is 54.6 Å². The van der Waals surface area contributed by atoms with Crippen LogP contribution in [-0.4, -0.2) is 26.8 Å². The largest absolute Gasteiger partial charge is 0.469 e. The minimum atomic E-state index is -0.334. The highest BCUT2D eigenvalue weighted by molar-refractivity contribution is 7.14. The molecule has 8 nitrogen and oxygen atoms in total. The van der Waals surface area contributed by atoms with Gasteiger partial charge < -0.3 is 14.7 Å². The summed E-state index contributed by atoms with van der Waals surface area (Å²) in [5, 5.41) is 8.05. The number of aryl methyl sites for hydroxylation is 1. The first-order valence-corrected chi connectivity index (χ1v) is 12.0. The van der Waals surface area contributed by atoms with Crippen LogP contribution in [0.15, 0.2) is 76.7 Å². The number of rotatable bonds is 8. The maximum Gasteiger partial charge on any atom is 0.260 e. The molecule has 0 aliphatic carbocycles. The molecule has 0 aliphatic heterocycles. The molecule has 35 heavy (non-hydrogen) atoms. The lowest BCUT2D eigenvalue weighted by molar-refractivity contribution is -0.121. The maximum atomic E-state index is 13.0. The fraction of sp³-hybridized carbons (Fsp3) is 0.154. The van der Waals surface area contributed by atoms with E-state index in [2.05, 4.69) is 20.6 Å². The number of carbonyl (C=O) groups is 2. The molecular weight excluding hydrogens is 462 g/mol. The van der Waals surface area contributed by atoms with Crippen molar-refractivity contribution in [3.63, 3.8) is 0 Å². The highest BCUT2D eigenvalue weighted by atomic mass is 32.1. The third kappa shape index (κ3) is 5.30. The van der Waals surface area contributed by atoms with Gasteiger partial charge in [-0.2, -0.15) is 0 Å². The predicted octanol–water partition coefficient (Wildman–Crippen LogP) is 4.82. The van der Waals surface area contributed by atoms with E-state index in [1.165, 1.54) is 17.6 Å². The maximum absolute atomic E-state index is 13.0. The van der Waals surface area contributed by atoms with Crippen molar-refractivity contribution in [1.29, 1.82) is 0 Å². The van der Waals surface area contributed by atoms with Crippen molar-refractivity contribution in [2.45, 2.75) is 25.8 Å². The molecule has 2 aromatic carbocycles. The Hall–Kier alpha value is -4.24. The Bertz CT molecular complexity index is 1440. The number of imidazole rings is 1. The monoisotopic (exact) mass is 485 g/mol. The average Bonchev–Trinajstić information content (AvgIpc) is 3.59. The number of amides is 2. The Labute approximate surface area is 205 Å². The van der Waals surface area contributed by atoms with Crippen molar-refractivity contribution < 1.29 is 14.0 Å². The molecule has 0 saturated heterocycles. The normalized spacial score (nSPS) is 11.9. The van der Waals surface area contributed by atoms with Gasteiger partial charge in [-0.3, -0.25) is 14.9 Å². The summed E-state index contributed by atoms with van der Waals surface area (Å²) in [6.07, 6.45) is 2.15. The standard InChI is InChI=1S/C26H23N5O3S/c1-16-19(11-12-34-16)25(33)31-26-27-18(15-35-26)14-23(32)28-22(13-17-7-3-2-4-8-17)24-29-20-9-5-6-10-21(20)30-24/h2-12,15,22H,13-14H2,1H3,(H,28,32)(H,29,30)(H,27,31,33)/t22-/m0/s1. The molecule has 0 saturated carbocycles. The molecule has 3 heterocycles. The summed E-state index contributed by atoms with van der Waals surface area (Å²) in [7, 11) is 0. The molecule has 0 radical (unpaired) electrons. The molecule has 0 aliphatic rings. The molecule has 0 spiro atoms. The number of carbonyl (C=O) groups excluding carboxylic acids is 2. The molecule has 5 aromatic rings. The number of fused-ring (bicyclic) bond motifs is 1. The van der Waals surface area contributed by atoms with Gasteiger partial charge in [0, 0.05) is 5.38 Å². The predicted molar refractivity (Wildman–Crippen MR) is 134 cm³/mol. The molecule has 1 atom stereocenters. The van der Waals surface area contributed by atoms with E-state index < -0.39 is 0 Å². The van der Waals surface area contributed by atoms with Crippen molar-refractivity contribution >= 4 is 39.3 Å². The van der Waals surface area contributed by atoms with Gasteiger partial charge in [0.2, 0.25) is 5.91 Å². The number of hydrogen-bond donors (Lipinski definition) is 3. The van der Waals surface area contributed by atoms with E-state index in [0.717, 1.165) is 16.6 Å². The van der Waals surface area contributed by atoms with Crippen LogP contribution in [0.5, 0.6) is 0 Å². The van der Waals surface area contributed by atoms with E-state index in [-0.39, 0.29) is 24.3 Å². The minimum absolute atomic E-state index is 0.0859. The molecule has 3 N–H and O–H groups in total. The van der Waals surface area contributed by atoms with Crippen LogP contribution in [0, 0.1) is 6.92 Å². The molecule has 0 fully saturated rings. The van der Waals surface area contributed by atoms with Crippen LogP contribution in [0.2, 0.25) is 0 Å². The van der Waals surface area contributed by atoms with Crippen LogP contribution in [-0.2, 0) is 17.6 Å². The van der Waals surface area contributed by atoms with Gasteiger partial charge >= 0.3 is 0 Å². The zero-order valence-electron chi connectivity index (χ0n) is 18.9. The summed E-state index contributed by atoms with van der Waals surface area (Å²) >= 11 is 1.27. The van der Waals surface area contributed by atoms with Gasteiger partial charge in [-0.15, -0.1) is 11.3 Å². The minimum Gasteiger partial charge on any atom is -0.469 e. The molecular formula is C26H23N5O3S. The lowest BCUT2D eigenvalue weighted by Crippen LogP contribution is -2.32. The van der Waals surface area contributed by atoms with Crippen LogP contribution in [0.1, 0.15) is 39.2 Å². The molecule has 2 amide bonds. The second kappa shape index (κ2) is 9.94. The fourth-order valence-electron chi connectivity index (χ4n) is 3.84. The number of thiazole rings is 1. The first-order valence-electron chi connectivity index (χ1n) is 11.1. The third-order valence-corrected chi connectivity index (χ3v) is 6.38. The zero-order valence-corrected chi connectivity index (χ0v) is 19.8. The number of nitrogens with one attached hydrogen (secondary N) is 3. The molecule has 176 valence electrons. The molecule has 5 rings (SSSR count). The summed E-state index contributed by atoms with van der Waals surface area (Å²) < 4.78 is 5.18. The van der Waals surface area contributed by atoms with Crippen molar-refractivity contribution in [1.82, 2.24) is 20.3 Å². The van der Waals surface area contributed by atoms with Crippen molar-refractivity contribution in [2.24, 2.45) is 0 Å². The second-order valence-electron chi connectivity index (χ2n) is 8.11. The zero-order chi connectivity index (χ0) is 24.2. The van der Waals surface area contributed by atoms with Gasteiger partial charge in [-0.1, -0.05) is 42.5 Å². The average molecular weight is 486 g/mol. The number of aromatic nitrogens is 3. The molecule has 9 heteroatoms. The van der Waals surface area contributed by atoms with Crippen molar-refractivity contribution in [2.75, 3.05) is 5.32 Å². The lowest BCUT2D eigenvalue weighted by atomic mass is 10.1. The third-order valence-electron chi connectivity index (χ3n) is 5.57. The lowest BCUT2D eigenvalue weighted by Gasteiger charge is -2.17. The van der Waals surface area contributed by atoms with Gasteiger partial charge in [-0.25, -0.2) is 9.97 Å². The highest BCUT2D eigenvalue weighted by Gasteiger charge is 2.20. The van der Waals surface area contributed by atoms with Crippen molar-refractivity contribution in [3.05, 3.63) is 101 Å². The molecule has 0 unspecified atom stereocenters. The fourth-order valence-corrected chi connectivity index (χ4v) is 4.55. The van der Waals surface area contributed by atoms with E-state index >= 15 is 0 Å². The van der Waals surface area contributed by atoms with Gasteiger partial charge in [0.15, 0.2) is 5.13 Å². The van der Waals surface area contributed by atoms with E-state index in [4.69, 9.17) is 9.40 Å². The van der Waals surface area contributed by atoms with E-state index in [9.17, 15) is 9.59 Å². The van der Waals surface area contributed by atoms with Gasteiger partial charge in [0.05, 0.1) is 41.0 Å². The van der Waals surface area contributed by atoms with Gasteiger partial charge in [-0.05, 0) is 37.1 Å². The van der Waals surface area contributed by atoms with Gasteiger partial charge in [0.25, 0.3) is 5.91 Å². The highest BCUT2D eigenvalue weighted by Crippen LogP contribution is 2.21. The van der Waals surface area contributed by atoms with Gasteiger partial charge in [0.1, 0.15) is 11.6 Å². The van der Waals surface area contributed by atoms with Crippen LogP contribution in [0.25, 0.3) is 11.0 Å². The first kappa shape index (κ1) is 22.5. The number of aromatic amines is 1. The summed E-state index contributed by atoms with van der Waals surface area (Å²) in [5.41, 5.74) is 3.89. The Kier molecular flexibility index (Phi) is 6.40. The number of para-hydroxylation sites is 2. The Balaban J connectivity index is 1.28. The molecule has 3 aromatic heterocycles. The quantitative estimate of drug-likeness (QED) is 0.292. The summed E-state index contributed by atoms with van der Waals surface area (Å²) in [6.45, 7) is 1.72. The molecule has 0 bridgehead atoms. The first-order chi connectivity index (χ1) is 17.0.